The lowest BCUT2D eigenvalue weighted by atomic mass is 10.2. The molecule has 3 aliphatic heterocycles. The summed E-state index contributed by atoms with van der Waals surface area (Å²) in [6.07, 6.45) is 1.49. The quantitative estimate of drug-likeness (QED) is 0.422. The number of carbonyl (C=O) groups is 2. The molecule has 0 radical (unpaired) electrons. The maximum absolute atomic E-state index is 12.8. The highest BCUT2D eigenvalue weighted by Gasteiger charge is 2.27. The van der Waals surface area contributed by atoms with Crippen molar-refractivity contribution in [2.45, 2.75) is 25.9 Å². The summed E-state index contributed by atoms with van der Waals surface area (Å²) in [5.74, 6) is 1.70. The van der Waals surface area contributed by atoms with E-state index in [2.05, 4.69) is 44.2 Å². The smallest absolute Gasteiger partial charge is 0.323 e. The van der Waals surface area contributed by atoms with Crippen LogP contribution >= 0.6 is 0 Å². The van der Waals surface area contributed by atoms with Crippen molar-refractivity contribution in [1.82, 2.24) is 29.7 Å². The molecule has 0 bridgehead atoms. The number of ether oxygens (including phenoxy) is 2. The van der Waals surface area contributed by atoms with Gasteiger partial charge in [0.25, 0.3) is 5.91 Å². The summed E-state index contributed by atoms with van der Waals surface area (Å²) in [6, 6.07) is 10.5. The molecule has 3 fully saturated rings. The van der Waals surface area contributed by atoms with Crippen molar-refractivity contribution in [3.63, 3.8) is 0 Å². The van der Waals surface area contributed by atoms with Crippen LogP contribution in [0.2, 0.25) is 0 Å². The summed E-state index contributed by atoms with van der Waals surface area (Å²) < 4.78 is 11.3. The highest BCUT2D eigenvalue weighted by Crippen LogP contribution is 2.26. The summed E-state index contributed by atoms with van der Waals surface area (Å²) in [4.78, 5) is 52.7. The SMILES string of the molecule is CC1COCCN1c1nc(-c2ccc(NC(=O)Nc3ccc(C(=O)N4CCN(C)CC4)nc3)cc2)nc(N2CCOCC2C)n1. The van der Waals surface area contributed by atoms with Crippen molar-refractivity contribution in [3.05, 3.63) is 48.3 Å². The molecule has 14 nitrogen and oxygen atoms in total. The lowest BCUT2D eigenvalue weighted by Crippen LogP contribution is -2.47. The third kappa shape index (κ3) is 7.30. The topological polar surface area (TPSA) is 141 Å². The first kappa shape index (κ1) is 30.6. The molecule has 2 atom stereocenters. The van der Waals surface area contributed by atoms with Crippen molar-refractivity contribution < 1.29 is 19.1 Å². The number of morpholine rings is 2. The molecule has 3 saturated heterocycles. The first-order valence-corrected chi connectivity index (χ1v) is 15.4. The van der Waals surface area contributed by atoms with Gasteiger partial charge in [-0.15, -0.1) is 0 Å². The number of nitrogens with zero attached hydrogens (tertiary/aromatic N) is 8. The number of likely N-dealkylation sites (N-methyl/N-ethyl adjacent to an activating group) is 1. The maximum Gasteiger partial charge on any atom is 0.323 e. The van der Waals surface area contributed by atoms with Crippen LogP contribution in [0.25, 0.3) is 11.4 Å². The molecule has 1 aromatic carbocycles. The summed E-state index contributed by atoms with van der Waals surface area (Å²) in [7, 11) is 2.04. The molecule has 3 aromatic rings. The van der Waals surface area contributed by atoms with Crippen molar-refractivity contribution in [2.75, 3.05) is 93.2 Å². The van der Waals surface area contributed by atoms with Gasteiger partial charge in [-0.3, -0.25) is 4.79 Å². The molecule has 2 N–H and O–H groups in total. The molecule has 45 heavy (non-hydrogen) atoms. The molecule has 2 aromatic heterocycles. The van der Waals surface area contributed by atoms with Gasteiger partial charge in [0.1, 0.15) is 5.69 Å². The number of amides is 3. The van der Waals surface area contributed by atoms with Gasteiger partial charge in [0.05, 0.1) is 50.4 Å². The fourth-order valence-electron chi connectivity index (χ4n) is 5.55. The van der Waals surface area contributed by atoms with Gasteiger partial charge in [-0.1, -0.05) is 0 Å². The summed E-state index contributed by atoms with van der Waals surface area (Å²) in [6.45, 7) is 11.1. The van der Waals surface area contributed by atoms with Gasteiger partial charge in [0, 0.05) is 50.5 Å². The zero-order chi connectivity index (χ0) is 31.3. The van der Waals surface area contributed by atoms with E-state index >= 15 is 0 Å². The highest BCUT2D eigenvalue weighted by atomic mass is 16.5. The number of carbonyl (C=O) groups excluding carboxylic acids is 2. The van der Waals surface area contributed by atoms with Crippen LogP contribution in [0.4, 0.5) is 28.1 Å². The Bertz CT molecular complexity index is 1440. The Hall–Kier alpha value is -4.40. The van der Waals surface area contributed by atoms with E-state index < -0.39 is 6.03 Å². The second kappa shape index (κ2) is 13.7. The Balaban J connectivity index is 1.12. The van der Waals surface area contributed by atoms with E-state index in [9.17, 15) is 9.59 Å². The normalized spacial score (nSPS) is 21.0. The monoisotopic (exact) mass is 616 g/mol. The third-order valence-corrected chi connectivity index (χ3v) is 8.29. The molecule has 5 heterocycles. The number of hydrogen-bond donors (Lipinski definition) is 2. The Morgan fingerprint density at radius 2 is 1.33 bits per heavy atom. The van der Waals surface area contributed by atoms with Crippen molar-refractivity contribution >= 4 is 35.2 Å². The Morgan fingerprint density at radius 3 is 1.89 bits per heavy atom. The van der Waals surface area contributed by atoms with Gasteiger partial charge < -0.3 is 39.7 Å². The number of benzene rings is 1. The van der Waals surface area contributed by atoms with Crippen LogP contribution in [0.1, 0.15) is 24.3 Å². The van der Waals surface area contributed by atoms with Gasteiger partial charge >= 0.3 is 6.03 Å². The Morgan fingerprint density at radius 1 is 0.756 bits per heavy atom. The predicted molar refractivity (Wildman–Crippen MR) is 171 cm³/mol. The van der Waals surface area contributed by atoms with E-state index in [1.807, 2.05) is 31.3 Å². The van der Waals surface area contributed by atoms with E-state index in [-0.39, 0.29) is 18.0 Å². The first-order chi connectivity index (χ1) is 21.8. The predicted octanol–water partition coefficient (Wildman–Crippen LogP) is 2.42. The molecule has 3 aliphatic rings. The highest BCUT2D eigenvalue weighted by molar-refractivity contribution is 6.00. The zero-order valence-electron chi connectivity index (χ0n) is 26.0. The summed E-state index contributed by atoms with van der Waals surface area (Å²) >= 11 is 0. The minimum Gasteiger partial charge on any atom is -0.377 e. The van der Waals surface area contributed by atoms with E-state index in [0.717, 1.165) is 18.7 Å². The van der Waals surface area contributed by atoms with Crippen LogP contribution in [-0.2, 0) is 9.47 Å². The molecule has 238 valence electrons. The minimum absolute atomic E-state index is 0.101. The standard InChI is InChI=1S/C31H40N10O4/c1-21-19-44-16-14-40(21)29-35-27(36-30(37-29)41-15-17-45-20-22(41)2)23-4-6-24(7-5-23)33-31(43)34-25-8-9-26(32-18-25)28(42)39-12-10-38(3)11-13-39/h4-9,18,21-22H,10-17,19-20H2,1-3H3,(H2,33,34,43). The lowest BCUT2D eigenvalue weighted by Gasteiger charge is -2.36. The molecule has 3 amide bonds. The first-order valence-electron chi connectivity index (χ1n) is 15.4. The van der Waals surface area contributed by atoms with Crippen molar-refractivity contribution in [3.8, 4) is 11.4 Å². The molecule has 14 heteroatoms. The summed E-state index contributed by atoms with van der Waals surface area (Å²) in [5.41, 5.74) is 2.25. The number of aromatic nitrogens is 4. The number of pyridine rings is 1. The third-order valence-electron chi connectivity index (χ3n) is 8.29. The van der Waals surface area contributed by atoms with Crippen LogP contribution in [0, 0.1) is 0 Å². The number of piperazine rings is 1. The molecule has 6 rings (SSSR count). The van der Waals surface area contributed by atoms with E-state index in [0.29, 0.717) is 87.4 Å². The largest absolute Gasteiger partial charge is 0.377 e. The molecular weight excluding hydrogens is 576 g/mol. The van der Waals surface area contributed by atoms with Gasteiger partial charge in [-0.2, -0.15) is 15.0 Å². The second-order valence-electron chi connectivity index (χ2n) is 11.7. The van der Waals surface area contributed by atoms with E-state index in [1.165, 1.54) is 6.20 Å². The van der Waals surface area contributed by atoms with Crippen LogP contribution in [-0.4, -0.2) is 127 Å². The van der Waals surface area contributed by atoms with Crippen molar-refractivity contribution in [1.29, 1.82) is 0 Å². The van der Waals surface area contributed by atoms with Crippen LogP contribution in [0.5, 0.6) is 0 Å². The number of urea groups is 1. The van der Waals surface area contributed by atoms with Gasteiger partial charge in [-0.05, 0) is 57.3 Å². The molecule has 2 unspecified atom stereocenters. The van der Waals surface area contributed by atoms with Gasteiger partial charge in [0.2, 0.25) is 11.9 Å². The number of nitrogens with one attached hydrogen (secondary N) is 2. The van der Waals surface area contributed by atoms with Gasteiger partial charge in [-0.25, -0.2) is 9.78 Å². The maximum atomic E-state index is 12.8. The minimum atomic E-state index is -0.421. The Labute approximate surface area is 262 Å². The zero-order valence-corrected chi connectivity index (χ0v) is 26.0. The number of anilines is 4. The van der Waals surface area contributed by atoms with Crippen LogP contribution < -0.4 is 20.4 Å². The number of hydrogen-bond acceptors (Lipinski definition) is 11. The van der Waals surface area contributed by atoms with E-state index in [4.69, 9.17) is 24.4 Å². The summed E-state index contributed by atoms with van der Waals surface area (Å²) in [5, 5.41) is 5.62. The lowest BCUT2D eigenvalue weighted by molar-refractivity contribution is 0.0658. The fraction of sp³-hybridized carbons (Fsp3) is 0.484. The van der Waals surface area contributed by atoms with E-state index in [1.54, 1.807) is 17.0 Å². The van der Waals surface area contributed by atoms with Crippen LogP contribution in [0.15, 0.2) is 42.6 Å². The van der Waals surface area contributed by atoms with Crippen LogP contribution in [0.3, 0.4) is 0 Å². The average Bonchev–Trinajstić information content (AvgIpc) is 3.06. The van der Waals surface area contributed by atoms with Gasteiger partial charge in [0.15, 0.2) is 5.82 Å². The molecule has 0 saturated carbocycles. The average molecular weight is 617 g/mol. The number of rotatable bonds is 6. The molecule has 0 spiro atoms. The fourth-order valence-corrected chi connectivity index (χ4v) is 5.55. The molecule has 0 aliphatic carbocycles. The molecular formula is C31H40N10O4. The second-order valence-corrected chi connectivity index (χ2v) is 11.7. The Kier molecular flexibility index (Phi) is 9.33. The van der Waals surface area contributed by atoms with Crippen molar-refractivity contribution in [2.24, 2.45) is 0 Å².